The first-order chi connectivity index (χ1) is 15.9. The quantitative estimate of drug-likeness (QED) is 0.427. The van der Waals surface area contributed by atoms with Crippen molar-refractivity contribution in [2.45, 2.75) is 24.7 Å². The van der Waals surface area contributed by atoms with Crippen molar-refractivity contribution in [3.05, 3.63) is 90.2 Å². The number of hydrogen-bond acceptors (Lipinski definition) is 4. The van der Waals surface area contributed by atoms with Crippen LogP contribution in [0.1, 0.15) is 18.9 Å². The zero-order valence-corrected chi connectivity index (χ0v) is 19.2. The fraction of sp³-hybridized carbons (Fsp3) is 0.240. The number of amides is 1. The van der Waals surface area contributed by atoms with Gasteiger partial charge in [-0.25, -0.2) is 12.8 Å². The van der Waals surface area contributed by atoms with Crippen LogP contribution in [0.25, 0.3) is 0 Å². The SMILES string of the molecule is CCCc1ccc(OCCNC(=O)CN(c2ccc(F)cc2)S(=O)(=O)c2ccccc2)cc1. The minimum absolute atomic E-state index is 0.0389. The molecule has 0 saturated carbocycles. The molecule has 0 aliphatic carbocycles. The summed E-state index contributed by atoms with van der Waals surface area (Å²) in [4.78, 5) is 12.6. The Morgan fingerprint density at radius 1 is 0.970 bits per heavy atom. The number of sulfonamides is 1. The largest absolute Gasteiger partial charge is 0.492 e. The monoisotopic (exact) mass is 470 g/mol. The van der Waals surface area contributed by atoms with Crippen molar-refractivity contribution < 1.29 is 22.3 Å². The van der Waals surface area contributed by atoms with E-state index in [1.54, 1.807) is 18.2 Å². The number of carbonyl (C=O) groups excluding carboxylic acids is 1. The molecule has 1 N–H and O–H groups in total. The average Bonchev–Trinajstić information content (AvgIpc) is 2.83. The van der Waals surface area contributed by atoms with Crippen LogP contribution in [0.15, 0.2) is 83.8 Å². The lowest BCUT2D eigenvalue weighted by Gasteiger charge is -2.24. The predicted octanol–water partition coefficient (Wildman–Crippen LogP) is 4.17. The van der Waals surface area contributed by atoms with Gasteiger partial charge in [0, 0.05) is 0 Å². The highest BCUT2D eigenvalue weighted by Gasteiger charge is 2.27. The van der Waals surface area contributed by atoms with Gasteiger partial charge < -0.3 is 10.1 Å². The molecule has 0 heterocycles. The van der Waals surface area contributed by atoms with E-state index in [-0.39, 0.29) is 23.7 Å². The topological polar surface area (TPSA) is 75.7 Å². The highest BCUT2D eigenvalue weighted by Crippen LogP contribution is 2.23. The molecule has 0 spiro atoms. The average molecular weight is 471 g/mol. The number of nitrogens with one attached hydrogen (secondary N) is 1. The first kappa shape index (κ1) is 24.3. The van der Waals surface area contributed by atoms with E-state index in [0.29, 0.717) is 5.75 Å². The van der Waals surface area contributed by atoms with E-state index in [1.165, 1.54) is 29.8 Å². The molecule has 0 atom stereocenters. The van der Waals surface area contributed by atoms with E-state index in [1.807, 2.05) is 24.3 Å². The molecule has 0 aliphatic rings. The van der Waals surface area contributed by atoms with E-state index >= 15 is 0 Å². The molecule has 0 unspecified atom stereocenters. The summed E-state index contributed by atoms with van der Waals surface area (Å²) in [5.74, 6) is -0.301. The summed E-state index contributed by atoms with van der Waals surface area (Å²) in [6.07, 6.45) is 2.08. The smallest absolute Gasteiger partial charge is 0.264 e. The molecule has 6 nitrogen and oxygen atoms in total. The van der Waals surface area contributed by atoms with E-state index < -0.39 is 28.3 Å². The van der Waals surface area contributed by atoms with Crippen molar-refractivity contribution in [2.75, 3.05) is 24.0 Å². The number of nitrogens with zero attached hydrogens (tertiary/aromatic N) is 1. The summed E-state index contributed by atoms with van der Waals surface area (Å²) in [6.45, 7) is 2.11. The molecule has 0 fully saturated rings. The number of anilines is 1. The van der Waals surface area contributed by atoms with Gasteiger partial charge in [0.05, 0.1) is 17.1 Å². The van der Waals surface area contributed by atoms with Crippen molar-refractivity contribution in [1.82, 2.24) is 5.32 Å². The normalized spacial score (nSPS) is 11.1. The third kappa shape index (κ3) is 6.79. The Morgan fingerprint density at radius 2 is 1.64 bits per heavy atom. The minimum Gasteiger partial charge on any atom is -0.492 e. The Labute approximate surface area is 194 Å². The molecule has 1 amide bonds. The van der Waals surface area contributed by atoms with Gasteiger partial charge in [-0.3, -0.25) is 9.10 Å². The number of rotatable bonds is 11. The molecule has 3 rings (SSSR count). The van der Waals surface area contributed by atoms with Crippen LogP contribution in [-0.2, 0) is 21.2 Å². The zero-order valence-electron chi connectivity index (χ0n) is 18.4. The standard InChI is InChI=1S/C25H27FN2O4S/c1-2-6-20-9-15-23(16-10-20)32-18-17-27-25(29)19-28(22-13-11-21(26)12-14-22)33(30,31)24-7-4-3-5-8-24/h3-5,7-16H,2,6,17-19H2,1H3,(H,27,29). The second-order valence-corrected chi connectivity index (χ2v) is 9.26. The summed E-state index contributed by atoms with van der Waals surface area (Å²) in [6, 6.07) is 20.5. The molecule has 33 heavy (non-hydrogen) atoms. The number of ether oxygens (including phenoxy) is 1. The molecule has 3 aromatic rings. The van der Waals surface area contributed by atoms with Crippen LogP contribution >= 0.6 is 0 Å². The van der Waals surface area contributed by atoms with Crippen molar-refractivity contribution in [3.63, 3.8) is 0 Å². The van der Waals surface area contributed by atoms with Gasteiger partial charge in [0.2, 0.25) is 5.91 Å². The maximum absolute atomic E-state index is 13.4. The highest BCUT2D eigenvalue weighted by atomic mass is 32.2. The Kier molecular flexibility index (Phi) is 8.43. The predicted molar refractivity (Wildman–Crippen MR) is 126 cm³/mol. The van der Waals surface area contributed by atoms with Crippen molar-refractivity contribution in [2.24, 2.45) is 0 Å². The van der Waals surface area contributed by atoms with Crippen LogP contribution in [0, 0.1) is 5.82 Å². The van der Waals surface area contributed by atoms with Gasteiger partial charge in [-0.2, -0.15) is 0 Å². The second kappa shape index (κ2) is 11.5. The summed E-state index contributed by atoms with van der Waals surface area (Å²) < 4.78 is 46.3. The van der Waals surface area contributed by atoms with Gasteiger partial charge in [0.25, 0.3) is 10.0 Å². The summed E-state index contributed by atoms with van der Waals surface area (Å²) in [7, 11) is -4.03. The molecule has 174 valence electrons. The summed E-state index contributed by atoms with van der Waals surface area (Å²) in [5, 5.41) is 2.68. The third-order valence-electron chi connectivity index (χ3n) is 4.89. The van der Waals surface area contributed by atoms with Crippen LogP contribution in [-0.4, -0.2) is 34.0 Å². The molecule has 0 aromatic heterocycles. The first-order valence-corrected chi connectivity index (χ1v) is 12.2. The number of halogens is 1. The number of benzene rings is 3. The van der Waals surface area contributed by atoms with E-state index in [4.69, 9.17) is 4.74 Å². The summed E-state index contributed by atoms with van der Waals surface area (Å²) in [5.41, 5.74) is 1.43. The van der Waals surface area contributed by atoms with Gasteiger partial charge >= 0.3 is 0 Å². The Bertz CT molecular complexity index is 1140. The van der Waals surface area contributed by atoms with E-state index in [9.17, 15) is 17.6 Å². The first-order valence-electron chi connectivity index (χ1n) is 10.7. The molecule has 0 saturated heterocycles. The van der Waals surface area contributed by atoms with Crippen LogP contribution in [0.4, 0.5) is 10.1 Å². The maximum atomic E-state index is 13.4. The number of carbonyl (C=O) groups is 1. The van der Waals surface area contributed by atoms with Gasteiger partial charge in [0.1, 0.15) is 24.7 Å². The van der Waals surface area contributed by atoms with Crippen LogP contribution in [0.5, 0.6) is 5.75 Å². The van der Waals surface area contributed by atoms with Crippen molar-refractivity contribution >= 4 is 21.6 Å². The zero-order chi connectivity index (χ0) is 23.7. The Morgan fingerprint density at radius 3 is 2.27 bits per heavy atom. The maximum Gasteiger partial charge on any atom is 0.264 e. The lowest BCUT2D eigenvalue weighted by molar-refractivity contribution is -0.119. The van der Waals surface area contributed by atoms with E-state index in [0.717, 1.165) is 29.3 Å². The molecule has 3 aromatic carbocycles. The van der Waals surface area contributed by atoms with Crippen LogP contribution in [0.3, 0.4) is 0 Å². The second-order valence-electron chi connectivity index (χ2n) is 7.39. The third-order valence-corrected chi connectivity index (χ3v) is 6.68. The molecular weight excluding hydrogens is 443 g/mol. The van der Waals surface area contributed by atoms with E-state index in [2.05, 4.69) is 12.2 Å². The number of hydrogen-bond donors (Lipinski definition) is 1. The Balaban J connectivity index is 1.62. The molecule has 0 bridgehead atoms. The Hall–Kier alpha value is -3.39. The van der Waals surface area contributed by atoms with Gasteiger partial charge in [-0.1, -0.05) is 43.7 Å². The number of aryl methyl sites for hydroxylation is 1. The summed E-state index contributed by atoms with van der Waals surface area (Å²) >= 11 is 0. The molecule has 0 aliphatic heterocycles. The van der Waals surface area contributed by atoms with Crippen molar-refractivity contribution in [1.29, 1.82) is 0 Å². The van der Waals surface area contributed by atoms with Crippen molar-refractivity contribution in [3.8, 4) is 5.75 Å². The fourth-order valence-corrected chi connectivity index (χ4v) is 4.67. The van der Waals surface area contributed by atoms with Crippen LogP contribution < -0.4 is 14.4 Å². The lowest BCUT2D eigenvalue weighted by atomic mass is 10.1. The minimum atomic E-state index is -4.03. The molecular formula is C25H27FN2O4S. The van der Waals surface area contributed by atoms with Crippen LogP contribution in [0.2, 0.25) is 0 Å². The lowest BCUT2D eigenvalue weighted by Crippen LogP contribution is -2.41. The van der Waals surface area contributed by atoms with Gasteiger partial charge in [-0.15, -0.1) is 0 Å². The highest BCUT2D eigenvalue weighted by molar-refractivity contribution is 7.92. The molecule has 8 heteroatoms. The van der Waals surface area contributed by atoms with Gasteiger partial charge in [-0.05, 0) is 60.5 Å². The fourth-order valence-electron chi connectivity index (χ4n) is 3.23. The molecule has 0 radical (unpaired) electrons. The van der Waals surface area contributed by atoms with Gasteiger partial charge in [0.15, 0.2) is 0 Å².